The monoisotopic (exact) mass is 892 g/mol. The zero-order chi connectivity index (χ0) is 46.4. The van der Waals surface area contributed by atoms with E-state index in [0.717, 1.165) is 15.8 Å². The number of likely N-dealkylation sites (N-methyl/N-ethyl adjacent to an activating group) is 1. The largest absolute Gasteiger partial charge is 0.481 e. The Bertz CT molecular complexity index is 2430. The number of primary amides is 1. The first-order valence-corrected chi connectivity index (χ1v) is 20.7. The minimum absolute atomic E-state index is 0.0149. The molecule has 4 rings (SSSR count). The first kappa shape index (κ1) is 48.3. The van der Waals surface area contributed by atoms with Gasteiger partial charge in [-0.3, -0.25) is 42.9 Å². The van der Waals surface area contributed by atoms with Crippen LogP contribution in [-0.2, 0) is 68.0 Å². The smallest absolute Gasteiger partial charge is 0.446 e. The number of aromatic amines is 1. The lowest BCUT2D eigenvalue weighted by atomic mass is 10.0. The first-order valence-electron chi connectivity index (χ1n) is 19.3. The van der Waals surface area contributed by atoms with Crippen LogP contribution < -0.4 is 36.5 Å². The number of amides is 7. The van der Waals surface area contributed by atoms with Gasteiger partial charge in [0.2, 0.25) is 41.4 Å². The van der Waals surface area contributed by atoms with Crippen molar-refractivity contribution in [2.75, 3.05) is 13.6 Å². The van der Waals surface area contributed by atoms with E-state index in [-0.39, 0.29) is 25.0 Å². The topological polar surface area (TPSA) is 326 Å². The predicted octanol–water partition coefficient (Wildman–Crippen LogP) is -0.740. The number of carbonyl (C=O) groups excluding carboxylic acids is 7. The van der Waals surface area contributed by atoms with Gasteiger partial charge in [0.25, 0.3) is 0 Å². The molecule has 21 nitrogen and oxygen atoms in total. The van der Waals surface area contributed by atoms with E-state index >= 15 is 0 Å². The van der Waals surface area contributed by atoms with Crippen molar-refractivity contribution in [1.29, 1.82) is 0 Å². The molecular formula is C41H48N8O13S. The van der Waals surface area contributed by atoms with Crippen LogP contribution in [0.25, 0.3) is 10.9 Å². The van der Waals surface area contributed by atoms with Gasteiger partial charge in [-0.15, -0.1) is 0 Å². The second kappa shape index (κ2) is 22.0. The molecule has 3 aromatic carbocycles. The lowest BCUT2D eigenvalue weighted by molar-refractivity contribution is -0.145. The summed E-state index contributed by atoms with van der Waals surface area (Å²) >= 11 is 0. The first-order chi connectivity index (χ1) is 29.7. The Morgan fingerprint density at radius 2 is 1.38 bits per heavy atom. The Hall–Kier alpha value is -7.33. The summed E-state index contributed by atoms with van der Waals surface area (Å²) < 4.78 is 34.9. The molecule has 0 radical (unpaired) electrons. The van der Waals surface area contributed by atoms with Crippen molar-refractivity contribution in [3.05, 3.63) is 102 Å². The van der Waals surface area contributed by atoms with E-state index in [4.69, 9.17) is 10.3 Å². The summed E-state index contributed by atoms with van der Waals surface area (Å²) in [5, 5.41) is 22.5. The molecule has 5 atom stereocenters. The molecule has 0 aliphatic rings. The highest BCUT2D eigenvalue weighted by atomic mass is 32.3. The molecule has 0 aliphatic carbocycles. The van der Waals surface area contributed by atoms with E-state index in [1.165, 1.54) is 45.2 Å². The molecule has 1 heterocycles. The molecule has 1 aromatic heterocycles. The fourth-order valence-corrected chi connectivity index (χ4v) is 6.69. The van der Waals surface area contributed by atoms with Crippen molar-refractivity contribution in [2.24, 2.45) is 5.73 Å². The molecule has 22 heteroatoms. The van der Waals surface area contributed by atoms with Crippen molar-refractivity contribution in [3.63, 3.8) is 0 Å². The number of H-pyrrole nitrogens is 1. The van der Waals surface area contributed by atoms with Crippen molar-refractivity contribution >= 4 is 68.6 Å². The van der Waals surface area contributed by atoms with Gasteiger partial charge in [-0.25, -0.2) is 0 Å². The molecule has 336 valence electrons. The number of carbonyl (C=O) groups is 8. The summed E-state index contributed by atoms with van der Waals surface area (Å²) in [4.78, 5) is 108. The number of hydrogen-bond acceptors (Lipinski definition) is 11. The van der Waals surface area contributed by atoms with Gasteiger partial charge in [-0.1, -0.05) is 60.7 Å². The molecular weight excluding hydrogens is 845 g/mol. The molecule has 0 saturated heterocycles. The molecule has 0 bridgehead atoms. The fourth-order valence-electron chi connectivity index (χ4n) is 6.34. The molecule has 0 spiro atoms. The van der Waals surface area contributed by atoms with Crippen molar-refractivity contribution in [2.45, 2.75) is 69.7 Å². The van der Waals surface area contributed by atoms with Crippen LogP contribution in [0.3, 0.4) is 0 Å². The third kappa shape index (κ3) is 15.0. The standard InChI is InChI=1S/C41H48N8O13S/c1-23(45-34(50)18-26-13-15-28(16-14-26)62-63(59,60)61)38(55)44-22-35(51)47-31(19-27-21-43-30-12-8-7-11-29(27)30)40(57)46-24(2)39(56)48-32(20-36(52)53)41(58)49(3)33(37(42)54)17-25-9-5-4-6-10-25/h4-16,21,23-24,31-33,43H,17-20,22H2,1-3H3,(H2,42,54)(H,44,55)(H,45,50)(H,46,57)(H,47,51)(H,48,56)(H,52,53)(H,59,60,61). The van der Waals surface area contributed by atoms with Crippen LogP contribution in [0.15, 0.2) is 85.1 Å². The van der Waals surface area contributed by atoms with Gasteiger partial charge in [-0.05, 0) is 48.7 Å². The highest BCUT2D eigenvalue weighted by molar-refractivity contribution is 7.81. The normalized spacial score (nSPS) is 13.5. The molecule has 0 fully saturated rings. The number of aliphatic carboxylic acids is 1. The number of nitrogens with zero attached hydrogens (tertiary/aromatic N) is 1. The number of nitrogens with one attached hydrogen (secondary N) is 6. The number of carboxylic acid groups (broad SMARTS) is 1. The summed E-state index contributed by atoms with van der Waals surface area (Å²) in [6, 6.07) is 14.2. The number of aromatic nitrogens is 1. The van der Waals surface area contributed by atoms with Crippen LogP contribution >= 0.6 is 0 Å². The van der Waals surface area contributed by atoms with Crippen LogP contribution in [0.4, 0.5) is 0 Å². The number of rotatable bonds is 22. The van der Waals surface area contributed by atoms with Gasteiger partial charge >= 0.3 is 16.4 Å². The highest BCUT2D eigenvalue weighted by Gasteiger charge is 2.34. The molecule has 7 amide bonds. The Labute approximate surface area is 361 Å². The maximum absolute atomic E-state index is 13.8. The van der Waals surface area contributed by atoms with E-state index < -0.39 is 101 Å². The van der Waals surface area contributed by atoms with Gasteiger partial charge in [0.15, 0.2) is 0 Å². The molecule has 0 aliphatic heterocycles. The zero-order valence-electron chi connectivity index (χ0n) is 34.3. The van der Waals surface area contributed by atoms with Crippen LogP contribution in [0.5, 0.6) is 5.75 Å². The van der Waals surface area contributed by atoms with Gasteiger partial charge in [0, 0.05) is 37.0 Å². The number of nitrogens with two attached hydrogens (primary N) is 1. The molecule has 63 heavy (non-hydrogen) atoms. The maximum Gasteiger partial charge on any atom is 0.446 e. The zero-order valence-corrected chi connectivity index (χ0v) is 35.1. The lowest BCUT2D eigenvalue weighted by Crippen LogP contribution is -2.58. The quantitative estimate of drug-likeness (QED) is 0.0440. The maximum atomic E-state index is 13.8. The number of fused-ring (bicyclic) bond motifs is 1. The summed E-state index contributed by atoms with van der Waals surface area (Å²) in [5.41, 5.74) is 8.04. The third-order valence-corrected chi connectivity index (χ3v) is 10.00. The summed E-state index contributed by atoms with van der Waals surface area (Å²) in [6.07, 6.45) is 0.465. The second-order valence-electron chi connectivity index (χ2n) is 14.5. The average Bonchev–Trinajstić information content (AvgIpc) is 3.63. The van der Waals surface area contributed by atoms with Crippen molar-refractivity contribution in [1.82, 2.24) is 36.5 Å². The minimum Gasteiger partial charge on any atom is -0.481 e. The lowest BCUT2D eigenvalue weighted by Gasteiger charge is -2.30. The molecule has 4 aromatic rings. The fraction of sp³-hybridized carbons (Fsp3) is 0.317. The molecule has 5 unspecified atom stereocenters. The Balaban J connectivity index is 1.39. The third-order valence-electron chi connectivity index (χ3n) is 9.60. The minimum atomic E-state index is -4.74. The number of benzene rings is 3. The Morgan fingerprint density at radius 3 is 2.02 bits per heavy atom. The van der Waals surface area contributed by atoms with E-state index in [2.05, 4.69) is 35.8 Å². The van der Waals surface area contributed by atoms with E-state index in [0.29, 0.717) is 16.7 Å². The molecule has 10 N–H and O–H groups in total. The van der Waals surface area contributed by atoms with E-state index in [1.807, 2.05) is 0 Å². The van der Waals surface area contributed by atoms with Gasteiger partial charge in [0.05, 0.1) is 19.4 Å². The number of hydrogen-bond donors (Lipinski definition) is 9. The summed E-state index contributed by atoms with van der Waals surface area (Å²) in [5.74, 6) is -7.40. The van der Waals surface area contributed by atoms with Crippen molar-refractivity contribution in [3.8, 4) is 5.75 Å². The van der Waals surface area contributed by atoms with Gasteiger partial charge < -0.3 is 51.5 Å². The van der Waals surface area contributed by atoms with Crippen molar-refractivity contribution < 1.29 is 60.6 Å². The van der Waals surface area contributed by atoms with Crippen LogP contribution in [0, 0.1) is 0 Å². The Kier molecular flexibility index (Phi) is 16.9. The Morgan fingerprint density at radius 1 is 0.746 bits per heavy atom. The number of para-hydroxylation sites is 1. The predicted molar refractivity (Wildman–Crippen MR) is 225 cm³/mol. The number of carboxylic acids is 1. The highest BCUT2D eigenvalue weighted by Crippen LogP contribution is 2.20. The van der Waals surface area contributed by atoms with Crippen LogP contribution in [0.2, 0.25) is 0 Å². The molecule has 0 saturated carbocycles. The van der Waals surface area contributed by atoms with E-state index in [1.54, 1.807) is 60.8 Å². The summed E-state index contributed by atoms with van der Waals surface area (Å²) in [6.45, 7) is 2.00. The summed E-state index contributed by atoms with van der Waals surface area (Å²) in [7, 11) is -3.48. The average molecular weight is 893 g/mol. The second-order valence-corrected chi connectivity index (χ2v) is 15.5. The van der Waals surface area contributed by atoms with Gasteiger partial charge in [0.1, 0.15) is 36.0 Å². The van der Waals surface area contributed by atoms with Crippen LogP contribution in [-0.4, -0.2) is 119 Å². The van der Waals surface area contributed by atoms with Gasteiger partial charge in [-0.2, -0.15) is 8.42 Å². The SMILES string of the molecule is CC(NC(=O)Cc1ccc(OS(=O)(=O)O)cc1)C(=O)NCC(=O)NC(Cc1c[nH]c2ccccc12)C(=O)NC(C)C(=O)NC(CC(=O)O)C(=O)N(C)C(Cc1ccccc1)C(N)=O. The van der Waals surface area contributed by atoms with E-state index in [9.17, 15) is 51.9 Å². The van der Waals surface area contributed by atoms with Crippen LogP contribution in [0.1, 0.15) is 37.0 Å².